The second-order valence-corrected chi connectivity index (χ2v) is 5.57. The van der Waals surface area contributed by atoms with Gasteiger partial charge in [0.2, 0.25) is 5.91 Å². The Bertz CT molecular complexity index is 233. The average molecular weight is 255 g/mol. The van der Waals surface area contributed by atoms with E-state index < -0.39 is 0 Å². The normalized spacial score (nSPS) is 24.3. The Kier molecular flexibility index (Phi) is 7.33. The predicted molar refractivity (Wildman–Crippen MR) is 74.6 cm³/mol. The molecule has 0 aliphatic carbocycles. The van der Waals surface area contributed by atoms with E-state index in [1.54, 1.807) is 0 Å². The molecule has 0 radical (unpaired) electrons. The molecule has 0 saturated carbocycles. The molecule has 0 N–H and O–H groups in total. The number of hydrogen-bond acceptors (Lipinski definition) is 2. The fourth-order valence-corrected chi connectivity index (χ4v) is 2.60. The molecule has 1 fully saturated rings. The molecule has 1 aliphatic rings. The van der Waals surface area contributed by atoms with Gasteiger partial charge in [0.25, 0.3) is 0 Å². The van der Waals surface area contributed by atoms with Crippen LogP contribution >= 0.6 is 0 Å². The Morgan fingerprint density at radius 1 is 1.06 bits per heavy atom. The van der Waals surface area contributed by atoms with Crippen molar-refractivity contribution in [3.63, 3.8) is 0 Å². The first-order valence-corrected chi connectivity index (χ1v) is 7.56. The molecule has 0 bridgehead atoms. The van der Waals surface area contributed by atoms with Crippen LogP contribution < -0.4 is 0 Å². The summed E-state index contributed by atoms with van der Waals surface area (Å²) < 4.78 is 5.64. The van der Waals surface area contributed by atoms with E-state index in [-0.39, 0.29) is 12.2 Å². The van der Waals surface area contributed by atoms with Crippen molar-refractivity contribution in [2.24, 2.45) is 0 Å². The van der Waals surface area contributed by atoms with Crippen molar-refractivity contribution in [1.29, 1.82) is 0 Å². The molecule has 2 atom stereocenters. The minimum atomic E-state index is 0.183. The van der Waals surface area contributed by atoms with Crippen molar-refractivity contribution in [3.8, 4) is 0 Å². The van der Waals surface area contributed by atoms with E-state index in [9.17, 15) is 4.79 Å². The lowest BCUT2D eigenvalue weighted by atomic mass is 10.1. The molecule has 1 rings (SSSR count). The third kappa shape index (κ3) is 5.85. The molecule has 3 heteroatoms. The third-order valence-electron chi connectivity index (χ3n) is 3.52. The molecule has 0 spiro atoms. The first-order valence-electron chi connectivity index (χ1n) is 7.56. The van der Waals surface area contributed by atoms with Gasteiger partial charge in [-0.15, -0.1) is 0 Å². The van der Waals surface area contributed by atoms with E-state index in [1.807, 2.05) is 18.7 Å². The molecule has 0 aromatic carbocycles. The number of unbranched alkanes of at least 4 members (excludes halogenated alkanes) is 5. The molecule has 18 heavy (non-hydrogen) atoms. The van der Waals surface area contributed by atoms with Crippen molar-refractivity contribution >= 4 is 5.91 Å². The maximum atomic E-state index is 12.0. The fraction of sp³-hybridized carbons (Fsp3) is 0.933. The maximum Gasteiger partial charge on any atom is 0.222 e. The van der Waals surface area contributed by atoms with Crippen LogP contribution in [0.15, 0.2) is 0 Å². The van der Waals surface area contributed by atoms with E-state index in [4.69, 9.17) is 4.74 Å². The number of hydrogen-bond donors (Lipinski definition) is 0. The smallest absolute Gasteiger partial charge is 0.222 e. The Morgan fingerprint density at radius 2 is 1.61 bits per heavy atom. The molecule has 0 unspecified atom stereocenters. The third-order valence-corrected chi connectivity index (χ3v) is 3.52. The molecule has 0 aromatic heterocycles. The lowest BCUT2D eigenvalue weighted by Crippen LogP contribution is -2.48. The number of ether oxygens (including phenoxy) is 1. The van der Waals surface area contributed by atoms with Crippen LogP contribution in [-0.4, -0.2) is 36.1 Å². The predicted octanol–water partition coefficient (Wildman–Crippen LogP) is 3.37. The van der Waals surface area contributed by atoms with Crippen LogP contribution in [0.3, 0.4) is 0 Å². The first kappa shape index (κ1) is 15.5. The van der Waals surface area contributed by atoms with E-state index >= 15 is 0 Å². The van der Waals surface area contributed by atoms with Crippen molar-refractivity contribution in [3.05, 3.63) is 0 Å². The second-order valence-electron chi connectivity index (χ2n) is 5.57. The summed E-state index contributed by atoms with van der Waals surface area (Å²) in [6.07, 6.45) is 8.52. The van der Waals surface area contributed by atoms with Crippen LogP contribution in [0.25, 0.3) is 0 Å². The molecule has 106 valence electrons. The average Bonchev–Trinajstić information content (AvgIpc) is 2.32. The van der Waals surface area contributed by atoms with Gasteiger partial charge in [0.15, 0.2) is 0 Å². The summed E-state index contributed by atoms with van der Waals surface area (Å²) in [6, 6.07) is 0. The highest BCUT2D eigenvalue weighted by Gasteiger charge is 2.25. The number of rotatable bonds is 7. The molecule has 0 aromatic rings. The second kappa shape index (κ2) is 8.52. The number of amides is 1. The molecule has 1 amide bonds. The zero-order chi connectivity index (χ0) is 13.4. The standard InChI is InChI=1S/C15H29NO2/c1-4-5-6-7-8-9-10-15(17)16-11-13(2)18-14(3)12-16/h13-14H,4-12H2,1-3H3/t13-,14-/m0/s1. The minimum Gasteiger partial charge on any atom is -0.372 e. The lowest BCUT2D eigenvalue weighted by molar-refractivity contribution is -0.143. The minimum absolute atomic E-state index is 0.183. The molecule has 1 aliphatic heterocycles. The van der Waals surface area contributed by atoms with Gasteiger partial charge < -0.3 is 9.64 Å². The van der Waals surface area contributed by atoms with Crippen LogP contribution in [0.5, 0.6) is 0 Å². The van der Waals surface area contributed by atoms with E-state index in [2.05, 4.69) is 6.92 Å². The largest absolute Gasteiger partial charge is 0.372 e. The van der Waals surface area contributed by atoms with Crippen LogP contribution in [-0.2, 0) is 9.53 Å². The van der Waals surface area contributed by atoms with Gasteiger partial charge in [0.05, 0.1) is 12.2 Å². The van der Waals surface area contributed by atoms with Gasteiger partial charge >= 0.3 is 0 Å². The van der Waals surface area contributed by atoms with Crippen LogP contribution in [0, 0.1) is 0 Å². The highest BCUT2D eigenvalue weighted by molar-refractivity contribution is 5.76. The fourth-order valence-electron chi connectivity index (χ4n) is 2.60. The highest BCUT2D eigenvalue weighted by Crippen LogP contribution is 2.14. The number of carbonyl (C=O) groups is 1. The van der Waals surface area contributed by atoms with Gasteiger partial charge in [0.1, 0.15) is 0 Å². The van der Waals surface area contributed by atoms with Crippen molar-refractivity contribution in [1.82, 2.24) is 4.90 Å². The zero-order valence-corrected chi connectivity index (χ0v) is 12.3. The van der Waals surface area contributed by atoms with Crippen molar-refractivity contribution < 1.29 is 9.53 Å². The van der Waals surface area contributed by atoms with Crippen LogP contribution in [0.4, 0.5) is 0 Å². The first-order chi connectivity index (χ1) is 8.63. The Balaban J connectivity index is 2.12. The Labute approximate surface area is 112 Å². The van der Waals surface area contributed by atoms with E-state index in [1.165, 1.54) is 32.1 Å². The maximum absolute atomic E-state index is 12.0. The summed E-state index contributed by atoms with van der Waals surface area (Å²) in [5.41, 5.74) is 0. The van der Waals surface area contributed by atoms with Crippen molar-refractivity contribution in [2.75, 3.05) is 13.1 Å². The zero-order valence-electron chi connectivity index (χ0n) is 12.3. The highest BCUT2D eigenvalue weighted by atomic mass is 16.5. The van der Waals surface area contributed by atoms with Gasteiger partial charge in [-0.1, -0.05) is 39.0 Å². The molecule has 3 nitrogen and oxygen atoms in total. The summed E-state index contributed by atoms with van der Waals surface area (Å²) in [5, 5.41) is 0. The quantitative estimate of drug-likeness (QED) is 0.653. The molecular weight excluding hydrogens is 226 g/mol. The molecule has 1 heterocycles. The van der Waals surface area contributed by atoms with Crippen LogP contribution in [0.2, 0.25) is 0 Å². The van der Waals surface area contributed by atoms with Gasteiger partial charge in [-0.3, -0.25) is 4.79 Å². The van der Waals surface area contributed by atoms with Gasteiger partial charge in [-0.2, -0.15) is 0 Å². The summed E-state index contributed by atoms with van der Waals surface area (Å²) in [6.45, 7) is 7.84. The van der Waals surface area contributed by atoms with Gasteiger partial charge in [0, 0.05) is 19.5 Å². The Morgan fingerprint density at radius 3 is 2.22 bits per heavy atom. The number of morpholine rings is 1. The van der Waals surface area contributed by atoms with E-state index in [0.717, 1.165) is 19.5 Å². The molecular formula is C15H29NO2. The summed E-state index contributed by atoms with van der Waals surface area (Å²) in [5.74, 6) is 0.312. The lowest BCUT2D eigenvalue weighted by Gasteiger charge is -2.35. The number of carbonyl (C=O) groups excluding carboxylic acids is 1. The molecule has 1 saturated heterocycles. The number of nitrogens with zero attached hydrogens (tertiary/aromatic N) is 1. The van der Waals surface area contributed by atoms with Crippen LogP contribution in [0.1, 0.15) is 65.7 Å². The van der Waals surface area contributed by atoms with Crippen molar-refractivity contribution in [2.45, 2.75) is 77.9 Å². The SMILES string of the molecule is CCCCCCCCC(=O)N1C[C@H](C)O[C@@H](C)C1. The van der Waals surface area contributed by atoms with E-state index in [0.29, 0.717) is 12.3 Å². The monoisotopic (exact) mass is 255 g/mol. The van der Waals surface area contributed by atoms with Gasteiger partial charge in [-0.05, 0) is 20.3 Å². The summed E-state index contributed by atoms with van der Waals surface area (Å²) >= 11 is 0. The summed E-state index contributed by atoms with van der Waals surface area (Å²) in [4.78, 5) is 14.0. The van der Waals surface area contributed by atoms with Gasteiger partial charge in [-0.25, -0.2) is 0 Å². The Hall–Kier alpha value is -0.570. The topological polar surface area (TPSA) is 29.5 Å². The summed E-state index contributed by atoms with van der Waals surface area (Å²) in [7, 11) is 0.